The number of rotatable bonds is 3. The lowest BCUT2D eigenvalue weighted by atomic mass is 9.74. The Labute approximate surface area is 92.8 Å². The van der Waals surface area contributed by atoms with Gasteiger partial charge in [-0.1, -0.05) is 31.2 Å². The average molecular weight is 206 g/mol. The average Bonchev–Trinajstić information content (AvgIpc) is 2.78. The second-order valence-electron chi connectivity index (χ2n) is 4.72. The number of hydrogen-bond donors (Lipinski definition) is 1. The molecule has 1 aliphatic carbocycles. The van der Waals surface area contributed by atoms with Gasteiger partial charge in [-0.15, -0.1) is 0 Å². The maximum atomic E-state index is 6.02. The number of nitrogens with zero attached hydrogens (tertiary/aromatic N) is 1. The highest BCUT2D eigenvalue weighted by atomic mass is 15.2. The minimum atomic E-state index is 0.210. The predicted molar refractivity (Wildman–Crippen MR) is 64.7 cm³/mol. The Morgan fingerprint density at radius 2 is 2.33 bits per heavy atom. The van der Waals surface area contributed by atoms with Gasteiger partial charge in [-0.05, 0) is 32.4 Å². The summed E-state index contributed by atoms with van der Waals surface area (Å²) in [5.74, 6) is 0. The number of hydrogen-bond acceptors (Lipinski definition) is 2. The fourth-order valence-corrected chi connectivity index (χ4v) is 3.07. The predicted octanol–water partition coefficient (Wildman–Crippen LogP) is 1.93. The molecule has 2 aliphatic rings. The first kappa shape index (κ1) is 10.9. The van der Waals surface area contributed by atoms with Gasteiger partial charge in [0.2, 0.25) is 0 Å². The molecule has 0 aromatic rings. The van der Waals surface area contributed by atoms with Gasteiger partial charge in [0.15, 0.2) is 0 Å². The Hall–Kier alpha value is -0.600. The zero-order chi connectivity index (χ0) is 10.7. The maximum Gasteiger partial charge on any atom is 0.0202 e. The van der Waals surface area contributed by atoms with E-state index in [9.17, 15) is 0 Å². The molecular formula is C13H22N2. The van der Waals surface area contributed by atoms with Crippen molar-refractivity contribution in [1.82, 2.24) is 4.90 Å². The third kappa shape index (κ3) is 1.88. The fraction of sp³-hybridized carbons (Fsp3) is 0.692. The van der Waals surface area contributed by atoms with Crippen molar-refractivity contribution >= 4 is 0 Å². The van der Waals surface area contributed by atoms with Gasteiger partial charge in [0, 0.05) is 18.0 Å². The second kappa shape index (κ2) is 4.50. The minimum absolute atomic E-state index is 0.210. The number of likely N-dealkylation sites (tertiary alicyclic amines) is 1. The van der Waals surface area contributed by atoms with Gasteiger partial charge in [-0.3, -0.25) is 4.90 Å². The third-order valence-corrected chi connectivity index (χ3v) is 3.99. The van der Waals surface area contributed by atoms with E-state index in [1.807, 2.05) is 0 Å². The lowest BCUT2D eigenvalue weighted by Crippen LogP contribution is -2.47. The first-order chi connectivity index (χ1) is 7.32. The van der Waals surface area contributed by atoms with E-state index < -0.39 is 0 Å². The zero-order valence-corrected chi connectivity index (χ0v) is 9.65. The van der Waals surface area contributed by atoms with Gasteiger partial charge in [-0.25, -0.2) is 0 Å². The molecular weight excluding hydrogens is 184 g/mol. The quantitative estimate of drug-likeness (QED) is 0.764. The molecule has 2 rings (SSSR count). The Balaban J connectivity index is 2.18. The van der Waals surface area contributed by atoms with E-state index in [1.54, 1.807) is 0 Å². The molecule has 84 valence electrons. The van der Waals surface area contributed by atoms with Gasteiger partial charge in [-0.2, -0.15) is 0 Å². The van der Waals surface area contributed by atoms with Crippen molar-refractivity contribution in [2.45, 2.75) is 32.2 Å². The van der Waals surface area contributed by atoms with Crippen molar-refractivity contribution in [2.75, 3.05) is 19.6 Å². The standard InChI is InChI=1S/C13H22N2/c1-2-15-10-6-7-12(15)13(11-14)8-4-3-5-9-13/h3-5,8,12H,2,6-7,9-11,14H2,1H3. The van der Waals surface area contributed by atoms with Crippen molar-refractivity contribution in [1.29, 1.82) is 0 Å². The Bertz CT molecular complexity index is 270. The zero-order valence-electron chi connectivity index (χ0n) is 9.65. The van der Waals surface area contributed by atoms with Crippen LogP contribution in [0.25, 0.3) is 0 Å². The molecule has 2 heteroatoms. The van der Waals surface area contributed by atoms with Crippen LogP contribution in [0, 0.1) is 5.41 Å². The molecule has 2 nitrogen and oxygen atoms in total. The molecule has 2 unspecified atom stereocenters. The van der Waals surface area contributed by atoms with Crippen molar-refractivity contribution in [3.63, 3.8) is 0 Å². The molecule has 0 bridgehead atoms. The minimum Gasteiger partial charge on any atom is -0.330 e. The van der Waals surface area contributed by atoms with Crippen LogP contribution >= 0.6 is 0 Å². The van der Waals surface area contributed by atoms with Crippen LogP contribution in [0.5, 0.6) is 0 Å². The normalized spacial score (nSPS) is 36.3. The molecule has 0 amide bonds. The van der Waals surface area contributed by atoms with E-state index in [-0.39, 0.29) is 5.41 Å². The summed E-state index contributed by atoms with van der Waals surface area (Å²) in [6.45, 7) is 5.43. The third-order valence-electron chi connectivity index (χ3n) is 3.99. The van der Waals surface area contributed by atoms with Crippen LogP contribution in [0.2, 0.25) is 0 Å². The highest BCUT2D eigenvalue weighted by Crippen LogP contribution is 2.38. The van der Waals surface area contributed by atoms with E-state index in [1.165, 1.54) is 19.4 Å². The summed E-state index contributed by atoms with van der Waals surface area (Å²) in [6.07, 6.45) is 12.7. The van der Waals surface area contributed by atoms with Crippen LogP contribution in [0.4, 0.5) is 0 Å². The summed E-state index contributed by atoms with van der Waals surface area (Å²) in [6, 6.07) is 0.661. The molecule has 0 aromatic carbocycles. The molecule has 2 atom stereocenters. The van der Waals surface area contributed by atoms with E-state index in [2.05, 4.69) is 36.1 Å². The molecule has 1 fully saturated rings. The van der Waals surface area contributed by atoms with Gasteiger partial charge in [0.1, 0.15) is 0 Å². The molecule has 0 aromatic heterocycles. The Kier molecular flexibility index (Phi) is 3.27. The highest BCUT2D eigenvalue weighted by molar-refractivity contribution is 5.20. The van der Waals surface area contributed by atoms with Crippen molar-refractivity contribution < 1.29 is 0 Å². The van der Waals surface area contributed by atoms with Crippen LogP contribution in [0.3, 0.4) is 0 Å². The van der Waals surface area contributed by atoms with Gasteiger partial charge >= 0.3 is 0 Å². The molecule has 1 heterocycles. The van der Waals surface area contributed by atoms with Gasteiger partial charge < -0.3 is 5.73 Å². The van der Waals surface area contributed by atoms with Crippen LogP contribution in [0.1, 0.15) is 26.2 Å². The Morgan fingerprint density at radius 1 is 1.47 bits per heavy atom. The van der Waals surface area contributed by atoms with E-state index in [0.717, 1.165) is 19.5 Å². The van der Waals surface area contributed by atoms with Crippen LogP contribution < -0.4 is 5.73 Å². The molecule has 0 spiro atoms. The number of nitrogens with two attached hydrogens (primary N) is 1. The lowest BCUT2D eigenvalue weighted by Gasteiger charge is -2.40. The smallest absolute Gasteiger partial charge is 0.0202 e. The first-order valence-electron chi connectivity index (χ1n) is 6.11. The van der Waals surface area contributed by atoms with E-state index in [0.29, 0.717) is 6.04 Å². The summed E-state index contributed by atoms with van der Waals surface area (Å²) in [5.41, 5.74) is 6.23. The highest BCUT2D eigenvalue weighted by Gasteiger charge is 2.40. The summed E-state index contributed by atoms with van der Waals surface area (Å²) in [7, 11) is 0. The molecule has 1 aliphatic heterocycles. The second-order valence-corrected chi connectivity index (χ2v) is 4.72. The largest absolute Gasteiger partial charge is 0.330 e. The molecule has 15 heavy (non-hydrogen) atoms. The summed E-state index contributed by atoms with van der Waals surface area (Å²) in [5, 5.41) is 0. The van der Waals surface area contributed by atoms with E-state index >= 15 is 0 Å². The summed E-state index contributed by atoms with van der Waals surface area (Å²) in [4.78, 5) is 2.59. The first-order valence-corrected chi connectivity index (χ1v) is 6.11. The topological polar surface area (TPSA) is 29.3 Å². The summed E-state index contributed by atoms with van der Waals surface area (Å²) < 4.78 is 0. The molecule has 0 saturated carbocycles. The van der Waals surface area contributed by atoms with Gasteiger partial charge in [0.05, 0.1) is 0 Å². The van der Waals surface area contributed by atoms with Gasteiger partial charge in [0.25, 0.3) is 0 Å². The molecule has 0 radical (unpaired) electrons. The summed E-state index contributed by atoms with van der Waals surface area (Å²) >= 11 is 0. The van der Waals surface area contributed by atoms with Crippen molar-refractivity contribution in [3.8, 4) is 0 Å². The lowest BCUT2D eigenvalue weighted by molar-refractivity contribution is 0.147. The monoisotopic (exact) mass is 206 g/mol. The van der Waals surface area contributed by atoms with Crippen molar-refractivity contribution in [3.05, 3.63) is 24.3 Å². The Morgan fingerprint density at radius 3 is 2.93 bits per heavy atom. The van der Waals surface area contributed by atoms with Crippen molar-refractivity contribution in [2.24, 2.45) is 11.1 Å². The fourth-order valence-electron chi connectivity index (χ4n) is 3.07. The maximum absolute atomic E-state index is 6.02. The van der Waals surface area contributed by atoms with E-state index in [4.69, 9.17) is 5.73 Å². The molecule has 2 N–H and O–H groups in total. The van der Waals surface area contributed by atoms with Crippen LogP contribution in [-0.2, 0) is 0 Å². The molecule has 1 saturated heterocycles. The van der Waals surface area contributed by atoms with Crippen LogP contribution in [0.15, 0.2) is 24.3 Å². The SMILES string of the molecule is CCN1CCCC1C1(CN)C=CC=CC1. The van der Waals surface area contributed by atoms with Crippen LogP contribution in [-0.4, -0.2) is 30.6 Å². The number of allylic oxidation sites excluding steroid dienone is 3.